The molecule has 4 nitrogen and oxygen atoms in total. The monoisotopic (exact) mass is 494 g/mol. The minimum atomic E-state index is -4.43. The summed E-state index contributed by atoms with van der Waals surface area (Å²) in [6.07, 6.45) is -4.43. The van der Waals surface area contributed by atoms with Crippen molar-refractivity contribution in [3.8, 4) is 33.6 Å². The highest BCUT2D eigenvalue weighted by Gasteiger charge is 2.30. The molecule has 2 aliphatic carbocycles. The maximum atomic E-state index is 12.3. The summed E-state index contributed by atoms with van der Waals surface area (Å²) in [5.74, 6) is 0. The molecule has 2 aromatic heterocycles. The number of halogens is 3. The van der Waals surface area contributed by atoms with Gasteiger partial charge in [0.05, 0.1) is 28.0 Å². The Hall–Kier alpha value is -4.78. The SMILES string of the molecule is O=c1ccc2ccc(C(F)(F)F)cc2o1.c1ccc(-c2nc3ccccc3nc2-c2cc3ccc2-3)cc1. The fraction of sp³-hybridized carbons (Fsp3) is 0.0333. The molecule has 0 aliphatic heterocycles. The lowest BCUT2D eigenvalue weighted by Gasteiger charge is -2.22. The summed E-state index contributed by atoms with van der Waals surface area (Å²) < 4.78 is 41.5. The van der Waals surface area contributed by atoms with E-state index < -0.39 is 17.4 Å². The average Bonchev–Trinajstić information content (AvgIpc) is 2.89. The second-order valence-electron chi connectivity index (χ2n) is 8.54. The first-order valence-electron chi connectivity index (χ1n) is 11.4. The topological polar surface area (TPSA) is 56.0 Å². The van der Waals surface area contributed by atoms with Gasteiger partial charge in [0.15, 0.2) is 0 Å². The molecule has 0 saturated carbocycles. The van der Waals surface area contributed by atoms with Gasteiger partial charge in [-0.3, -0.25) is 0 Å². The van der Waals surface area contributed by atoms with Crippen LogP contribution in [-0.4, -0.2) is 9.97 Å². The van der Waals surface area contributed by atoms with Crippen LogP contribution in [0.3, 0.4) is 0 Å². The number of benzene rings is 4. The number of nitrogens with zero attached hydrogens (tertiary/aromatic N) is 2. The van der Waals surface area contributed by atoms with Crippen molar-refractivity contribution in [1.29, 1.82) is 0 Å². The van der Waals surface area contributed by atoms with Crippen LogP contribution in [-0.2, 0) is 6.18 Å². The molecule has 0 fully saturated rings. The fourth-order valence-electron chi connectivity index (χ4n) is 4.21. The van der Waals surface area contributed by atoms with Crippen LogP contribution >= 0.6 is 0 Å². The number of hydrogen-bond donors (Lipinski definition) is 0. The number of aromatic nitrogens is 2. The maximum Gasteiger partial charge on any atom is 0.416 e. The first kappa shape index (κ1) is 22.7. The number of para-hydroxylation sites is 2. The minimum absolute atomic E-state index is 0.0580. The molecular weight excluding hydrogens is 477 g/mol. The Morgan fingerprint density at radius 3 is 1.92 bits per heavy atom. The smallest absolute Gasteiger partial charge is 0.416 e. The van der Waals surface area contributed by atoms with Gasteiger partial charge in [-0.1, -0.05) is 60.7 Å². The Kier molecular flexibility index (Phi) is 5.34. The fourth-order valence-corrected chi connectivity index (χ4v) is 4.21. The Morgan fingerprint density at radius 1 is 0.622 bits per heavy atom. The molecule has 0 radical (unpaired) electrons. The summed E-state index contributed by atoms with van der Waals surface area (Å²) in [5.41, 5.74) is 7.20. The molecule has 0 amide bonds. The lowest BCUT2D eigenvalue weighted by atomic mass is 9.84. The lowest BCUT2D eigenvalue weighted by Crippen LogP contribution is -2.04. The second-order valence-corrected chi connectivity index (χ2v) is 8.54. The Bertz CT molecular complexity index is 1800. The van der Waals surface area contributed by atoms with E-state index in [-0.39, 0.29) is 5.58 Å². The van der Waals surface area contributed by atoms with Crippen molar-refractivity contribution in [2.45, 2.75) is 6.18 Å². The number of hydrogen-bond acceptors (Lipinski definition) is 4. The minimum Gasteiger partial charge on any atom is -0.423 e. The van der Waals surface area contributed by atoms with E-state index in [9.17, 15) is 18.0 Å². The zero-order chi connectivity index (χ0) is 25.6. The van der Waals surface area contributed by atoms with Crippen molar-refractivity contribution in [1.82, 2.24) is 9.97 Å². The van der Waals surface area contributed by atoms with Gasteiger partial charge in [0.25, 0.3) is 0 Å². The maximum absolute atomic E-state index is 12.3. The van der Waals surface area contributed by atoms with Gasteiger partial charge in [-0.15, -0.1) is 0 Å². The molecule has 0 atom stereocenters. The second kappa shape index (κ2) is 8.71. The molecule has 180 valence electrons. The predicted molar refractivity (Wildman–Crippen MR) is 137 cm³/mol. The highest BCUT2D eigenvalue weighted by Crippen LogP contribution is 2.45. The molecule has 0 saturated heterocycles. The van der Waals surface area contributed by atoms with E-state index >= 15 is 0 Å². The Balaban J connectivity index is 0.000000148. The van der Waals surface area contributed by atoms with Crippen LogP contribution in [0, 0.1) is 0 Å². The zero-order valence-electron chi connectivity index (χ0n) is 19.2. The molecule has 0 spiro atoms. The molecule has 3 aromatic carbocycles. The average molecular weight is 494 g/mol. The molecule has 0 N–H and O–H groups in total. The standard InChI is InChI=1S/C20H12N2.C10H5F3O2/c1-2-6-13(7-3-1)19-20(16-12-14-10-11-15(14)16)22-18-9-5-4-8-17(18)21-19;11-10(12,13)7-3-1-6-2-4-9(14)15-8(6)5-7/h1-12H;1-5H. The van der Waals surface area contributed by atoms with Gasteiger partial charge < -0.3 is 4.42 Å². The highest BCUT2D eigenvalue weighted by molar-refractivity contribution is 5.99. The molecule has 5 aromatic rings. The van der Waals surface area contributed by atoms with Crippen LogP contribution in [0.4, 0.5) is 13.2 Å². The van der Waals surface area contributed by atoms with Crippen LogP contribution in [0.25, 0.3) is 55.6 Å². The number of rotatable bonds is 2. The van der Waals surface area contributed by atoms with E-state index in [4.69, 9.17) is 9.97 Å². The Labute approximate surface area is 208 Å². The third-order valence-electron chi connectivity index (χ3n) is 6.15. The van der Waals surface area contributed by atoms with E-state index in [0.717, 1.165) is 46.2 Å². The van der Waals surface area contributed by atoms with Crippen LogP contribution in [0.5, 0.6) is 0 Å². The van der Waals surface area contributed by atoms with E-state index in [1.165, 1.54) is 28.8 Å². The van der Waals surface area contributed by atoms with Gasteiger partial charge in [-0.05, 0) is 47.5 Å². The van der Waals surface area contributed by atoms with Crippen LogP contribution in [0.15, 0.2) is 112 Å². The quantitative estimate of drug-likeness (QED) is 0.231. The van der Waals surface area contributed by atoms with Gasteiger partial charge in [0, 0.05) is 22.6 Å². The highest BCUT2D eigenvalue weighted by atomic mass is 19.4. The molecule has 2 heterocycles. The summed E-state index contributed by atoms with van der Waals surface area (Å²) in [7, 11) is 0. The van der Waals surface area contributed by atoms with Crippen molar-refractivity contribution in [3.63, 3.8) is 0 Å². The first-order chi connectivity index (χ1) is 17.9. The predicted octanol–water partition coefficient (Wildman–Crippen LogP) is 7.76. The third-order valence-corrected chi connectivity index (χ3v) is 6.15. The van der Waals surface area contributed by atoms with Gasteiger partial charge in [-0.25, -0.2) is 14.8 Å². The number of fused-ring (bicyclic) bond motifs is 3. The van der Waals surface area contributed by atoms with Gasteiger partial charge in [0.2, 0.25) is 0 Å². The van der Waals surface area contributed by atoms with Crippen molar-refractivity contribution in [2.24, 2.45) is 0 Å². The normalized spacial score (nSPS) is 11.8. The zero-order valence-corrected chi connectivity index (χ0v) is 19.2. The summed E-state index contributed by atoms with van der Waals surface area (Å²) in [5, 5.41) is 0.461. The molecular formula is C30H17F3N2O2. The Morgan fingerprint density at radius 2 is 1.30 bits per heavy atom. The summed E-state index contributed by atoms with van der Waals surface area (Å²) >= 11 is 0. The lowest BCUT2D eigenvalue weighted by molar-refractivity contribution is -0.137. The van der Waals surface area contributed by atoms with Crippen LogP contribution < -0.4 is 5.63 Å². The van der Waals surface area contributed by atoms with E-state index in [1.807, 2.05) is 42.5 Å². The van der Waals surface area contributed by atoms with Gasteiger partial charge in [-0.2, -0.15) is 13.2 Å². The molecule has 37 heavy (non-hydrogen) atoms. The van der Waals surface area contributed by atoms with E-state index in [1.54, 1.807) is 0 Å². The van der Waals surface area contributed by atoms with Gasteiger partial charge >= 0.3 is 11.8 Å². The third kappa shape index (κ3) is 4.25. The first-order valence-corrected chi connectivity index (χ1v) is 11.4. The van der Waals surface area contributed by atoms with Crippen molar-refractivity contribution >= 4 is 22.0 Å². The largest absolute Gasteiger partial charge is 0.423 e. The van der Waals surface area contributed by atoms with Crippen molar-refractivity contribution in [3.05, 3.63) is 119 Å². The molecule has 7 rings (SSSR count). The van der Waals surface area contributed by atoms with Gasteiger partial charge in [0.1, 0.15) is 5.58 Å². The van der Waals surface area contributed by atoms with Crippen molar-refractivity contribution < 1.29 is 17.6 Å². The van der Waals surface area contributed by atoms with Crippen LogP contribution in [0.2, 0.25) is 0 Å². The van der Waals surface area contributed by atoms with E-state index in [0.29, 0.717) is 5.39 Å². The molecule has 0 unspecified atom stereocenters. The number of alkyl halides is 3. The molecule has 7 heteroatoms. The molecule has 0 bridgehead atoms. The van der Waals surface area contributed by atoms with Crippen molar-refractivity contribution in [2.75, 3.05) is 0 Å². The molecule has 2 aliphatic rings. The van der Waals surface area contributed by atoms with Crippen LogP contribution in [0.1, 0.15) is 5.56 Å². The summed E-state index contributed by atoms with van der Waals surface area (Å²) in [6.45, 7) is 0. The summed E-state index contributed by atoms with van der Waals surface area (Å²) in [4.78, 5) is 20.6. The summed E-state index contributed by atoms with van der Waals surface area (Å²) in [6, 6.07) is 30.4. The van der Waals surface area contributed by atoms with E-state index in [2.05, 4.69) is 34.7 Å².